The summed E-state index contributed by atoms with van der Waals surface area (Å²) in [6, 6.07) is 0. The monoisotopic (exact) mass is 244 g/mol. The topological polar surface area (TPSA) is 46.3 Å². The van der Waals surface area contributed by atoms with Crippen molar-refractivity contribution in [2.24, 2.45) is 5.92 Å². The van der Waals surface area contributed by atoms with Crippen LogP contribution in [0.4, 0.5) is 0 Å². The normalized spacial score (nSPS) is 12.6. The van der Waals surface area contributed by atoms with Gasteiger partial charge in [0.2, 0.25) is 5.91 Å². The number of hydrogen-bond donors (Lipinski definition) is 0. The predicted octanol–water partition coefficient (Wildman–Crippen LogP) is 2.12. The summed E-state index contributed by atoms with van der Waals surface area (Å²) in [5, 5.41) is 3.85. The van der Waals surface area contributed by atoms with Gasteiger partial charge in [-0.2, -0.15) is 0 Å². The summed E-state index contributed by atoms with van der Waals surface area (Å²) in [6.45, 7) is 6.05. The van der Waals surface area contributed by atoms with Crippen LogP contribution in [0.5, 0.6) is 0 Å². The molecule has 1 rings (SSSR count). The highest BCUT2D eigenvalue weighted by Gasteiger charge is 2.19. The Morgan fingerprint density at radius 3 is 2.62 bits per heavy atom. The van der Waals surface area contributed by atoms with E-state index < -0.39 is 0 Å². The van der Waals surface area contributed by atoms with Crippen LogP contribution < -0.4 is 0 Å². The molecule has 0 aromatic carbocycles. The summed E-state index contributed by atoms with van der Waals surface area (Å²) in [5.41, 5.74) is 1.80. The third-order valence-electron chi connectivity index (χ3n) is 2.61. The lowest BCUT2D eigenvalue weighted by atomic mass is 10.1. The van der Waals surface area contributed by atoms with Crippen LogP contribution in [-0.2, 0) is 11.3 Å². The molecule has 4 nitrogen and oxygen atoms in total. The van der Waals surface area contributed by atoms with Gasteiger partial charge >= 0.3 is 0 Å². The van der Waals surface area contributed by atoms with E-state index in [9.17, 15) is 4.79 Å². The van der Waals surface area contributed by atoms with E-state index >= 15 is 0 Å². The summed E-state index contributed by atoms with van der Waals surface area (Å²) >= 11 is 5.66. The first-order valence-electron chi connectivity index (χ1n) is 5.20. The first-order valence-corrected chi connectivity index (χ1v) is 5.73. The molecular weight excluding hydrogens is 228 g/mol. The molecule has 1 aromatic rings. The first kappa shape index (κ1) is 13.0. The van der Waals surface area contributed by atoms with Gasteiger partial charge in [0.15, 0.2) is 0 Å². The Morgan fingerprint density at radius 1 is 1.56 bits per heavy atom. The average molecular weight is 245 g/mol. The molecule has 0 saturated heterocycles. The largest absolute Gasteiger partial charge is 0.361 e. The zero-order valence-electron chi connectivity index (χ0n) is 10.1. The van der Waals surface area contributed by atoms with Crippen molar-refractivity contribution >= 4 is 17.5 Å². The van der Waals surface area contributed by atoms with E-state index in [4.69, 9.17) is 16.1 Å². The fourth-order valence-corrected chi connectivity index (χ4v) is 1.62. The Bertz CT molecular complexity index is 357. The summed E-state index contributed by atoms with van der Waals surface area (Å²) in [4.78, 5) is 13.5. The van der Waals surface area contributed by atoms with Crippen molar-refractivity contribution in [2.45, 2.75) is 27.3 Å². The number of halogens is 1. The van der Waals surface area contributed by atoms with E-state index in [0.29, 0.717) is 12.4 Å². The molecule has 0 spiro atoms. The van der Waals surface area contributed by atoms with Gasteiger partial charge in [-0.15, -0.1) is 11.6 Å². The second-order valence-electron chi connectivity index (χ2n) is 4.05. The van der Waals surface area contributed by atoms with Gasteiger partial charge in [-0.1, -0.05) is 12.1 Å². The highest BCUT2D eigenvalue weighted by atomic mass is 35.5. The highest BCUT2D eigenvalue weighted by molar-refractivity contribution is 6.19. The Balaban J connectivity index is 2.71. The smallest absolute Gasteiger partial charge is 0.226 e. The van der Waals surface area contributed by atoms with Crippen LogP contribution >= 0.6 is 11.6 Å². The van der Waals surface area contributed by atoms with E-state index in [-0.39, 0.29) is 11.8 Å². The van der Waals surface area contributed by atoms with E-state index in [0.717, 1.165) is 17.0 Å². The van der Waals surface area contributed by atoms with Gasteiger partial charge in [-0.05, 0) is 13.8 Å². The van der Waals surface area contributed by atoms with Crippen LogP contribution in [0.25, 0.3) is 0 Å². The van der Waals surface area contributed by atoms with Gasteiger partial charge in [0.25, 0.3) is 0 Å². The molecule has 5 heteroatoms. The molecule has 1 aromatic heterocycles. The zero-order chi connectivity index (χ0) is 12.3. The lowest BCUT2D eigenvalue weighted by Gasteiger charge is -2.19. The van der Waals surface area contributed by atoms with Crippen LogP contribution in [0.1, 0.15) is 23.9 Å². The summed E-state index contributed by atoms with van der Waals surface area (Å²) in [6.07, 6.45) is 0. The molecular formula is C11H17ClN2O2. The van der Waals surface area contributed by atoms with Gasteiger partial charge in [-0.3, -0.25) is 4.79 Å². The van der Waals surface area contributed by atoms with Crippen LogP contribution in [0.15, 0.2) is 4.52 Å². The first-order chi connectivity index (χ1) is 7.47. The summed E-state index contributed by atoms with van der Waals surface area (Å²) in [5.74, 6) is 0.975. The minimum Gasteiger partial charge on any atom is -0.361 e. The van der Waals surface area contributed by atoms with Crippen molar-refractivity contribution in [1.29, 1.82) is 0 Å². The lowest BCUT2D eigenvalue weighted by molar-refractivity contribution is -0.133. The SMILES string of the molecule is Cc1noc(C)c1CN(C)C(=O)C(C)CCl. The van der Waals surface area contributed by atoms with Crippen molar-refractivity contribution in [1.82, 2.24) is 10.1 Å². The molecule has 0 aliphatic carbocycles. The third kappa shape index (κ3) is 2.76. The molecule has 0 aliphatic rings. The maximum atomic E-state index is 11.8. The summed E-state index contributed by atoms with van der Waals surface area (Å²) < 4.78 is 5.05. The Kier molecular flexibility index (Phi) is 4.35. The van der Waals surface area contributed by atoms with E-state index in [2.05, 4.69) is 5.16 Å². The van der Waals surface area contributed by atoms with Gasteiger partial charge in [0, 0.05) is 24.4 Å². The fraction of sp³-hybridized carbons (Fsp3) is 0.636. The molecule has 0 N–H and O–H groups in total. The molecule has 0 fully saturated rings. The van der Waals surface area contributed by atoms with Gasteiger partial charge in [0.05, 0.1) is 12.2 Å². The van der Waals surface area contributed by atoms with Crippen molar-refractivity contribution in [3.63, 3.8) is 0 Å². The maximum absolute atomic E-state index is 11.8. The van der Waals surface area contributed by atoms with Crippen molar-refractivity contribution in [3.8, 4) is 0 Å². The lowest BCUT2D eigenvalue weighted by Crippen LogP contribution is -2.32. The third-order valence-corrected chi connectivity index (χ3v) is 3.07. The van der Waals surface area contributed by atoms with Crippen LogP contribution in [0.3, 0.4) is 0 Å². The zero-order valence-corrected chi connectivity index (χ0v) is 10.8. The van der Waals surface area contributed by atoms with Gasteiger partial charge < -0.3 is 9.42 Å². The maximum Gasteiger partial charge on any atom is 0.226 e. The van der Waals surface area contributed by atoms with Crippen LogP contribution in [0, 0.1) is 19.8 Å². The number of hydrogen-bond acceptors (Lipinski definition) is 3. The average Bonchev–Trinajstić information content (AvgIpc) is 2.58. The van der Waals surface area contributed by atoms with Crippen molar-refractivity contribution in [3.05, 3.63) is 17.0 Å². The second kappa shape index (κ2) is 5.34. The molecule has 90 valence electrons. The predicted molar refractivity (Wildman–Crippen MR) is 62.3 cm³/mol. The molecule has 0 saturated carbocycles. The summed E-state index contributed by atoms with van der Waals surface area (Å²) in [7, 11) is 1.76. The van der Waals surface area contributed by atoms with Gasteiger partial charge in [-0.25, -0.2) is 0 Å². The molecule has 1 amide bonds. The number of carbonyl (C=O) groups excluding carboxylic acids is 1. The number of rotatable bonds is 4. The van der Waals surface area contributed by atoms with Crippen molar-refractivity contribution in [2.75, 3.05) is 12.9 Å². The number of carbonyl (C=O) groups is 1. The molecule has 1 atom stereocenters. The Labute approximate surface area is 101 Å². The highest BCUT2D eigenvalue weighted by Crippen LogP contribution is 2.15. The number of alkyl halides is 1. The standard InChI is InChI=1S/C11H17ClN2O2/c1-7(5-12)11(15)14(4)6-10-8(2)13-16-9(10)3/h7H,5-6H2,1-4H3. The second-order valence-corrected chi connectivity index (χ2v) is 4.36. The number of aryl methyl sites for hydroxylation is 2. The van der Waals surface area contributed by atoms with E-state index in [1.165, 1.54) is 0 Å². The Morgan fingerprint density at radius 2 is 2.19 bits per heavy atom. The quantitative estimate of drug-likeness (QED) is 0.763. The number of nitrogens with zero attached hydrogens (tertiary/aromatic N) is 2. The molecule has 1 heterocycles. The van der Waals surface area contributed by atoms with Crippen LogP contribution in [-0.4, -0.2) is 28.9 Å². The Hall–Kier alpha value is -1.03. The molecule has 16 heavy (non-hydrogen) atoms. The molecule has 1 unspecified atom stereocenters. The van der Waals surface area contributed by atoms with Crippen molar-refractivity contribution < 1.29 is 9.32 Å². The minimum atomic E-state index is -0.160. The van der Waals surface area contributed by atoms with E-state index in [1.807, 2.05) is 20.8 Å². The number of aromatic nitrogens is 1. The minimum absolute atomic E-state index is 0.0370. The molecule has 0 aliphatic heterocycles. The number of amides is 1. The molecule has 0 bridgehead atoms. The van der Waals surface area contributed by atoms with Crippen LogP contribution in [0.2, 0.25) is 0 Å². The molecule has 0 radical (unpaired) electrons. The van der Waals surface area contributed by atoms with Gasteiger partial charge in [0.1, 0.15) is 5.76 Å². The van der Waals surface area contributed by atoms with E-state index in [1.54, 1.807) is 11.9 Å². The fourth-order valence-electron chi connectivity index (χ4n) is 1.48.